The summed E-state index contributed by atoms with van der Waals surface area (Å²) in [5.41, 5.74) is 0. The molecule has 0 radical (unpaired) electrons. The largest absolute Gasteiger partial charge is 0.374 e. The summed E-state index contributed by atoms with van der Waals surface area (Å²) < 4.78 is 0. The van der Waals surface area contributed by atoms with E-state index in [1.54, 1.807) is 0 Å². The van der Waals surface area contributed by atoms with Crippen LogP contribution in [0.5, 0.6) is 0 Å². The topological polar surface area (TPSA) is 4.36 Å². The van der Waals surface area contributed by atoms with E-state index in [0.717, 1.165) is 12.8 Å². The summed E-state index contributed by atoms with van der Waals surface area (Å²) in [5.74, 6) is 2.81. The summed E-state index contributed by atoms with van der Waals surface area (Å²) in [4.78, 5) is 3.57. The molecule has 1 nitrogen and oxygen atoms in total. The van der Waals surface area contributed by atoms with Crippen LogP contribution in [0, 0.1) is 18.0 Å². The lowest BCUT2D eigenvalue weighted by Crippen LogP contribution is -1.66. The third-order valence-corrected chi connectivity index (χ3v) is 0.576. The Labute approximate surface area is 36.8 Å². The minimum atomic E-state index is 0.910. The Balaban J connectivity index is 2.67. The molecule has 0 fully saturated rings. The molecule has 0 N–H and O–H groups in total. The summed E-state index contributed by atoms with van der Waals surface area (Å²) in [6.07, 6.45) is 1.84. The van der Waals surface area contributed by atoms with Crippen molar-refractivity contribution in [3.63, 3.8) is 0 Å². The van der Waals surface area contributed by atoms with Gasteiger partial charge in [-0.15, -0.1) is 0 Å². The molecule has 0 bridgehead atoms. The third kappa shape index (κ3) is 0.503. The van der Waals surface area contributed by atoms with Crippen LogP contribution in [0.4, 0.5) is 0 Å². The molecular formula is C5H4N+. The highest BCUT2D eigenvalue weighted by molar-refractivity contribution is 5.16. The lowest BCUT2D eigenvalue weighted by molar-refractivity contribution is 1.11. The zero-order chi connectivity index (χ0) is 4.24. The summed E-state index contributed by atoms with van der Waals surface area (Å²) in [5, 5.41) is 0. The van der Waals surface area contributed by atoms with Crippen molar-refractivity contribution >= 4 is 0 Å². The minimum Gasteiger partial charge on any atom is -0.00670 e. The van der Waals surface area contributed by atoms with E-state index in [9.17, 15) is 0 Å². The SMILES string of the molecule is C1#C[N+]#CCC1. The van der Waals surface area contributed by atoms with Crippen molar-refractivity contribution in [1.82, 2.24) is 0 Å². The second-order valence-electron chi connectivity index (χ2n) is 1.06. The molecule has 1 heteroatoms. The van der Waals surface area contributed by atoms with Crippen LogP contribution in [-0.4, -0.2) is 0 Å². The number of hydrogen-bond donors (Lipinski definition) is 0. The molecule has 0 aliphatic carbocycles. The quantitative estimate of drug-likeness (QED) is 0.382. The highest BCUT2D eigenvalue weighted by Crippen LogP contribution is 1.87. The molecule has 0 atom stereocenters. The average Bonchev–Trinajstić information content (AvgIpc) is 1.72. The molecular weight excluding hydrogens is 74.1 g/mol. The van der Waals surface area contributed by atoms with Gasteiger partial charge in [0.1, 0.15) is 0 Å². The van der Waals surface area contributed by atoms with E-state index in [0.29, 0.717) is 0 Å². The first-order valence-corrected chi connectivity index (χ1v) is 1.90. The summed E-state index contributed by atoms with van der Waals surface area (Å²) >= 11 is 0. The first-order valence-electron chi connectivity index (χ1n) is 1.90. The van der Waals surface area contributed by atoms with Crippen LogP contribution < -0.4 is 0 Å². The zero-order valence-corrected chi connectivity index (χ0v) is 3.36. The van der Waals surface area contributed by atoms with Crippen molar-refractivity contribution < 1.29 is 0 Å². The van der Waals surface area contributed by atoms with Gasteiger partial charge in [0.25, 0.3) is 6.07 Å². The Morgan fingerprint density at radius 1 is 1.33 bits per heavy atom. The highest BCUT2D eigenvalue weighted by atomic mass is 14.6. The van der Waals surface area contributed by atoms with Crippen LogP contribution in [0.25, 0.3) is 4.85 Å². The molecule has 0 saturated carbocycles. The average molecular weight is 78.1 g/mol. The number of rotatable bonds is 0. The van der Waals surface area contributed by atoms with Gasteiger partial charge in [0.15, 0.2) is 0 Å². The van der Waals surface area contributed by atoms with Crippen molar-refractivity contribution in [2.24, 2.45) is 0 Å². The fourth-order valence-corrected chi connectivity index (χ4v) is 0.309. The van der Waals surface area contributed by atoms with Crippen molar-refractivity contribution in [3.05, 3.63) is 4.85 Å². The normalized spacial score (nSPS) is 13.3. The van der Waals surface area contributed by atoms with E-state index in [-0.39, 0.29) is 0 Å². The van der Waals surface area contributed by atoms with Gasteiger partial charge < -0.3 is 0 Å². The van der Waals surface area contributed by atoms with E-state index in [2.05, 4.69) is 22.9 Å². The highest BCUT2D eigenvalue weighted by Gasteiger charge is 1.88. The fraction of sp³-hybridized carbons (Fsp3) is 0.400. The van der Waals surface area contributed by atoms with Gasteiger partial charge >= 0.3 is 6.04 Å². The van der Waals surface area contributed by atoms with Crippen molar-refractivity contribution in [1.29, 1.82) is 0 Å². The first-order chi connectivity index (χ1) is 3.00. The van der Waals surface area contributed by atoms with E-state index in [1.807, 2.05) is 0 Å². The lowest BCUT2D eigenvalue weighted by Gasteiger charge is -1.65. The molecule has 0 spiro atoms. The van der Waals surface area contributed by atoms with Crippen LogP contribution in [0.2, 0.25) is 0 Å². The molecule has 1 aliphatic rings. The van der Waals surface area contributed by atoms with Crippen molar-refractivity contribution in [2.75, 3.05) is 0 Å². The molecule has 0 aromatic rings. The predicted molar refractivity (Wildman–Crippen MR) is 24.3 cm³/mol. The van der Waals surface area contributed by atoms with Gasteiger partial charge in [-0.2, -0.15) is 0 Å². The Hall–Kier alpha value is -0.950. The maximum Gasteiger partial charge on any atom is 0.374 e. The second kappa shape index (κ2) is 1.48. The Morgan fingerprint density at radius 2 is 2.33 bits per heavy atom. The van der Waals surface area contributed by atoms with E-state index >= 15 is 0 Å². The Morgan fingerprint density at radius 3 is 2.50 bits per heavy atom. The molecule has 0 amide bonds. The number of hydrogen-bond acceptors (Lipinski definition) is 0. The van der Waals surface area contributed by atoms with E-state index < -0.39 is 0 Å². The van der Waals surface area contributed by atoms with Gasteiger partial charge in [-0.25, -0.2) is 0 Å². The van der Waals surface area contributed by atoms with Crippen LogP contribution in [0.15, 0.2) is 0 Å². The monoisotopic (exact) mass is 78.0 g/mol. The third-order valence-electron chi connectivity index (χ3n) is 0.576. The molecule has 0 aromatic heterocycles. The Kier molecular flexibility index (Phi) is 0.800. The van der Waals surface area contributed by atoms with E-state index in [1.165, 1.54) is 0 Å². The predicted octanol–water partition coefficient (Wildman–Crippen LogP) is 1.07. The molecule has 6 heavy (non-hydrogen) atoms. The van der Waals surface area contributed by atoms with Crippen LogP contribution in [0.3, 0.4) is 0 Å². The molecule has 0 saturated heterocycles. The Bertz CT molecular complexity index is 128. The van der Waals surface area contributed by atoms with Gasteiger partial charge in [0, 0.05) is 11.3 Å². The molecule has 0 unspecified atom stereocenters. The maximum absolute atomic E-state index is 3.57. The van der Waals surface area contributed by atoms with Gasteiger partial charge in [0.05, 0.1) is 6.42 Å². The maximum atomic E-state index is 3.57. The van der Waals surface area contributed by atoms with Crippen molar-refractivity contribution in [3.8, 4) is 18.0 Å². The molecule has 1 rings (SSSR count). The second-order valence-corrected chi connectivity index (χ2v) is 1.06. The van der Waals surface area contributed by atoms with Gasteiger partial charge in [-0.1, -0.05) is 0 Å². The molecule has 1 heterocycles. The lowest BCUT2D eigenvalue weighted by atomic mass is 10.3. The van der Waals surface area contributed by atoms with E-state index in [4.69, 9.17) is 0 Å². The minimum absolute atomic E-state index is 0.910. The first kappa shape index (κ1) is 3.25. The number of nitrogens with zero attached hydrogens (tertiary/aromatic N) is 1. The summed E-state index contributed by atoms with van der Waals surface area (Å²) in [6, 6.07) is 5.28. The van der Waals surface area contributed by atoms with Crippen LogP contribution in [0.1, 0.15) is 12.8 Å². The standard InChI is InChI=1S/C5H4N/c1-2-4-6-5-3-1/h1-2H2/q+1. The van der Waals surface area contributed by atoms with Crippen LogP contribution >= 0.6 is 0 Å². The van der Waals surface area contributed by atoms with Gasteiger partial charge in [-0.05, 0) is 5.92 Å². The van der Waals surface area contributed by atoms with Crippen LogP contribution in [-0.2, 0) is 0 Å². The molecule has 28 valence electrons. The summed E-state index contributed by atoms with van der Waals surface area (Å²) in [7, 11) is 0. The zero-order valence-electron chi connectivity index (χ0n) is 3.36. The molecule has 0 aromatic carbocycles. The van der Waals surface area contributed by atoms with Gasteiger partial charge in [0.2, 0.25) is 0 Å². The van der Waals surface area contributed by atoms with Crippen molar-refractivity contribution in [2.45, 2.75) is 12.8 Å². The fourth-order valence-electron chi connectivity index (χ4n) is 0.309. The summed E-state index contributed by atoms with van der Waals surface area (Å²) in [6.45, 7) is 0. The molecule has 1 aliphatic heterocycles. The van der Waals surface area contributed by atoms with Gasteiger partial charge in [-0.3, -0.25) is 0 Å². The smallest absolute Gasteiger partial charge is 0.00670 e.